The van der Waals surface area contributed by atoms with E-state index in [1.165, 1.54) is 12.7 Å². The van der Waals surface area contributed by atoms with E-state index in [4.69, 9.17) is 9.47 Å². The van der Waals surface area contributed by atoms with Gasteiger partial charge in [0.25, 0.3) is 0 Å². The molecule has 5 nitrogen and oxygen atoms in total. The average molecular weight is 375 g/mol. The third-order valence-corrected chi connectivity index (χ3v) is 6.05. The Hall–Kier alpha value is -1.89. The van der Waals surface area contributed by atoms with Crippen molar-refractivity contribution >= 4 is 10.0 Å². The predicted molar refractivity (Wildman–Crippen MR) is 101 cm³/mol. The fourth-order valence-electron chi connectivity index (χ4n) is 3.20. The molecule has 1 N–H and O–H groups in total. The highest BCUT2D eigenvalue weighted by Gasteiger charge is 2.22. The third-order valence-electron chi connectivity index (χ3n) is 4.57. The highest BCUT2D eigenvalue weighted by atomic mass is 32.2. The van der Waals surface area contributed by atoms with Crippen molar-refractivity contribution in [2.24, 2.45) is 0 Å². The SMILES string of the molecule is COc1cc2c(cc1S(=O)(=O)NCCOCc1ccccc1)CCCC2. The topological polar surface area (TPSA) is 64.6 Å². The van der Waals surface area contributed by atoms with E-state index in [1.54, 1.807) is 6.07 Å². The fraction of sp³-hybridized carbons (Fsp3) is 0.400. The van der Waals surface area contributed by atoms with Gasteiger partial charge in [0, 0.05) is 6.54 Å². The van der Waals surface area contributed by atoms with E-state index in [9.17, 15) is 8.42 Å². The van der Waals surface area contributed by atoms with E-state index in [0.29, 0.717) is 19.0 Å². The van der Waals surface area contributed by atoms with Crippen molar-refractivity contribution in [1.29, 1.82) is 0 Å². The number of sulfonamides is 1. The highest BCUT2D eigenvalue weighted by Crippen LogP contribution is 2.31. The highest BCUT2D eigenvalue weighted by molar-refractivity contribution is 7.89. The molecule has 2 aromatic carbocycles. The van der Waals surface area contributed by atoms with Crippen LogP contribution in [0.4, 0.5) is 0 Å². The van der Waals surface area contributed by atoms with Crippen molar-refractivity contribution in [3.63, 3.8) is 0 Å². The molecule has 26 heavy (non-hydrogen) atoms. The molecule has 2 aromatic rings. The Morgan fingerprint density at radius 2 is 1.73 bits per heavy atom. The molecule has 0 aliphatic heterocycles. The van der Waals surface area contributed by atoms with Crippen molar-refractivity contribution in [3.05, 3.63) is 59.2 Å². The molecule has 0 spiro atoms. The van der Waals surface area contributed by atoms with Crippen molar-refractivity contribution in [2.75, 3.05) is 20.3 Å². The normalized spacial score (nSPS) is 14.0. The summed E-state index contributed by atoms with van der Waals surface area (Å²) in [7, 11) is -2.13. The van der Waals surface area contributed by atoms with Crippen LogP contribution < -0.4 is 9.46 Å². The number of methoxy groups -OCH3 is 1. The largest absolute Gasteiger partial charge is 0.495 e. The van der Waals surface area contributed by atoms with Crippen LogP contribution in [0, 0.1) is 0 Å². The second kappa shape index (κ2) is 8.66. The van der Waals surface area contributed by atoms with E-state index < -0.39 is 10.0 Å². The Morgan fingerprint density at radius 1 is 1.04 bits per heavy atom. The number of nitrogens with one attached hydrogen (secondary N) is 1. The molecule has 0 aromatic heterocycles. The van der Waals surface area contributed by atoms with Crippen LogP contribution in [0.2, 0.25) is 0 Å². The molecule has 6 heteroatoms. The molecule has 0 amide bonds. The predicted octanol–water partition coefficient (Wildman–Crippen LogP) is 3.07. The number of ether oxygens (including phenoxy) is 2. The van der Waals surface area contributed by atoms with Crippen LogP contribution in [0.1, 0.15) is 29.5 Å². The summed E-state index contributed by atoms with van der Waals surface area (Å²) < 4.78 is 38.9. The van der Waals surface area contributed by atoms with Gasteiger partial charge >= 0.3 is 0 Å². The summed E-state index contributed by atoms with van der Waals surface area (Å²) in [5.74, 6) is 0.406. The van der Waals surface area contributed by atoms with Crippen LogP contribution >= 0.6 is 0 Å². The lowest BCUT2D eigenvalue weighted by atomic mass is 9.92. The summed E-state index contributed by atoms with van der Waals surface area (Å²) >= 11 is 0. The van der Waals surface area contributed by atoms with E-state index in [2.05, 4.69) is 4.72 Å². The minimum atomic E-state index is -3.64. The standard InChI is InChI=1S/C20H25NO4S/c1-24-19-13-17-9-5-6-10-18(17)14-20(19)26(22,23)21-11-12-25-15-16-7-3-2-4-8-16/h2-4,7-8,13-14,21H,5-6,9-12,15H2,1H3. The Bertz CT molecular complexity index is 834. The lowest BCUT2D eigenvalue weighted by molar-refractivity contribution is 0.126. The second-order valence-corrected chi connectivity index (χ2v) is 8.15. The van der Waals surface area contributed by atoms with Gasteiger partial charge in [0.2, 0.25) is 10.0 Å². The van der Waals surface area contributed by atoms with Gasteiger partial charge in [0.05, 0.1) is 20.3 Å². The molecule has 0 atom stereocenters. The van der Waals surface area contributed by atoms with E-state index in [1.807, 2.05) is 36.4 Å². The van der Waals surface area contributed by atoms with Crippen LogP contribution in [0.5, 0.6) is 5.75 Å². The first-order chi connectivity index (χ1) is 12.6. The average Bonchev–Trinajstić information content (AvgIpc) is 2.67. The third kappa shape index (κ3) is 4.63. The Labute approximate surface area is 155 Å². The van der Waals surface area contributed by atoms with Gasteiger partial charge < -0.3 is 9.47 Å². The molecule has 0 heterocycles. The van der Waals surface area contributed by atoms with Crippen molar-refractivity contribution in [2.45, 2.75) is 37.2 Å². The molecule has 0 saturated carbocycles. The monoisotopic (exact) mass is 375 g/mol. The lowest BCUT2D eigenvalue weighted by Gasteiger charge is -2.19. The van der Waals surface area contributed by atoms with Gasteiger partial charge in [0.1, 0.15) is 10.6 Å². The van der Waals surface area contributed by atoms with Crippen LogP contribution in [0.15, 0.2) is 47.4 Å². The number of aryl methyl sites for hydroxylation is 2. The zero-order chi connectivity index (χ0) is 18.4. The molecule has 0 saturated heterocycles. The zero-order valence-corrected chi connectivity index (χ0v) is 15.8. The van der Waals surface area contributed by atoms with Crippen LogP contribution in [0.25, 0.3) is 0 Å². The molecule has 0 radical (unpaired) electrons. The first-order valence-electron chi connectivity index (χ1n) is 8.91. The van der Waals surface area contributed by atoms with Gasteiger partial charge in [-0.25, -0.2) is 13.1 Å². The van der Waals surface area contributed by atoms with Gasteiger partial charge in [-0.3, -0.25) is 0 Å². The summed E-state index contributed by atoms with van der Waals surface area (Å²) in [6, 6.07) is 13.4. The summed E-state index contributed by atoms with van der Waals surface area (Å²) in [6.07, 6.45) is 4.13. The van der Waals surface area contributed by atoms with Crippen molar-refractivity contribution < 1.29 is 17.9 Å². The van der Waals surface area contributed by atoms with Gasteiger partial charge in [0.15, 0.2) is 0 Å². The summed E-state index contributed by atoms with van der Waals surface area (Å²) in [5, 5.41) is 0. The molecular formula is C20H25NO4S. The molecule has 0 fully saturated rings. The number of rotatable bonds is 8. The Balaban J connectivity index is 1.60. The lowest BCUT2D eigenvalue weighted by Crippen LogP contribution is -2.28. The summed E-state index contributed by atoms with van der Waals surface area (Å²) in [5.41, 5.74) is 3.36. The maximum absolute atomic E-state index is 12.7. The van der Waals surface area contributed by atoms with Gasteiger partial charge in [-0.05, 0) is 54.5 Å². The number of benzene rings is 2. The van der Waals surface area contributed by atoms with Crippen molar-refractivity contribution in [3.8, 4) is 5.75 Å². The minimum Gasteiger partial charge on any atom is -0.495 e. The smallest absolute Gasteiger partial charge is 0.244 e. The molecule has 3 rings (SSSR count). The van der Waals surface area contributed by atoms with Crippen LogP contribution in [0.3, 0.4) is 0 Å². The van der Waals surface area contributed by atoms with Gasteiger partial charge in [-0.15, -0.1) is 0 Å². The van der Waals surface area contributed by atoms with Crippen LogP contribution in [-0.4, -0.2) is 28.7 Å². The summed E-state index contributed by atoms with van der Waals surface area (Å²) in [6.45, 7) is 0.988. The number of hydrogen-bond donors (Lipinski definition) is 1. The second-order valence-electron chi connectivity index (χ2n) is 6.41. The van der Waals surface area contributed by atoms with Gasteiger partial charge in [-0.2, -0.15) is 0 Å². The number of hydrogen-bond acceptors (Lipinski definition) is 4. The Morgan fingerprint density at radius 3 is 2.42 bits per heavy atom. The first-order valence-corrected chi connectivity index (χ1v) is 10.4. The first kappa shape index (κ1) is 18.9. The fourth-order valence-corrected chi connectivity index (χ4v) is 4.41. The molecular weight excluding hydrogens is 350 g/mol. The molecule has 1 aliphatic rings. The Kier molecular flexibility index (Phi) is 6.29. The molecule has 0 bridgehead atoms. The minimum absolute atomic E-state index is 0.212. The zero-order valence-electron chi connectivity index (χ0n) is 15.0. The maximum atomic E-state index is 12.7. The number of fused-ring (bicyclic) bond motifs is 1. The van der Waals surface area contributed by atoms with E-state index in [0.717, 1.165) is 36.8 Å². The van der Waals surface area contributed by atoms with Crippen LogP contribution in [-0.2, 0) is 34.2 Å². The quantitative estimate of drug-likeness (QED) is 0.720. The maximum Gasteiger partial charge on any atom is 0.244 e. The van der Waals surface area contributed by atoms with Gasteiger partial charge in [-0.1, -0.05) is 30.3 Å². The summed E-state index contributed by atoms with van der Waals surface area (Å²) in [4.78, 5) is 0.212. The van der Waals surface area contributed by atoms with E-state index in [-0.39, 0.29) is 11.4 Å². The molecule has 0 unspecified atom stereocenters. The van der Waals surface area contributed by atoms with E-state index >= 15 is 0 Å². The molecule has 140 valence electrons. The van der Waals surface area contributed by atoms with Crippen molar-refractivity contribution in [1.82, 2.24) is 4.72 Å². The molecule has 1 aliphatic carbocycles.